The van der Waals surface area contributed by atoms with Gasteiger partial charge in [-0.1, -0.05) is 17.7 Å². The molecule has 0 radical (unpaired) electrons. The Bertz CT molecular complexity index is 1030. The van der Waals surface area contributed by atoms with Crippen LogP contribution in [-0.4, -0.2) is 17.8 Å². The molecule has 0 aliphatic rings. The maximum absolute atomic E-state index is 11.5. The lowest BCUT2D eigenvalue weighted by Gasteiger charge is -2.14. The SMILES string of the molecule is C/C=C(/COc1c2ccoc2cc2oc(=O)ccc12)CC(O)C=C(C)C. The Hall–Kier alpha value is -2.79. The van der Waals surface area contributed by atoms with Crippen molar-refractivity contribution in [2.24, 2.45) is 0 Å². The molecule has 3 rings (SSSR count). The first-order chi connectivity index (χ1) is 12.5. The molecular weight excluding hydrogens is 332 g/mol. The summed E-state index contributed by atoms with van der Waals surface area (Å²) in [5.41, 5.74) is 2.63. The molecule has 0 aliphatic carbocycles. The molecule has 136 valence electrons. The minimum Gasteiger partial charge on any atom is -0.488 e. The van der Waals surface area contributed by atoms with Gasteiger partial charge in [-0.15, -0.1) is 0 Å². The number of fused-ring (bicyclic) bond motifs is 2. The lowest BCUT2D eigenvalue weighted by molar-refractivity contribution is 0.216. The fourth-order valence-corrected chi connectivity index (χ4v) is 2.90. The Labute approximate surface area is 151 Å². The Balaban J connectivity index is 1.90. The molecule has 0 bridgehead atoms. The van der Waals surface area contributed by atoms with Gasteiger partial charge in [-0.3, -0.25) is 0 Å². The highest BCUT2D eigenvalue weighted by Crippen LogP contribution is 2.35. The number of rotatable bonds is 6. The van der Waals surface area contributed by atoms with Crippen LogP contribution >= 0.6 is 0 Å². The lowest BCUT2D eigenvalue weighted by atomic mass is 10.1. The maximum Gasteiger partial charge on any atom is 0.336 e. The van der Waals surface area contributed by atoms with Gasteiger partial charge in [0.25, 0.3) is 0 Å². The van der Waals surface area contributed by atoms with E-state index in [0.29, 0.717) is 35.3 Å². The van der Waals surface area contributed by atoms with Crippen LogP contribution in [0.1, 0.15) is 27.2 Å². The molecule has 0 saturated carbocycles. The zero-order chi connectivity index (χ0) is 18.7. The van der Waals surface area contributed by atoms with E-state index < -0.39 is 11.7 Å². The molecule has 1 unspecified atom stereocenters. The molecule has 0 fully saturated rings. The van der Waals surface area contributed by atoms with E-state index in [1.165, 1.54) is 6.07 Å². The van der Waals surface area contributed by atoms with Crippen LogP contribution in [0.4, 0.5) is 0 Å². The van der Waals surface area contributed by atoms with Gasteiger partial charge in [-0.25, -0.2) is 4.79 Å². The lowest BCUT2D eigenvalue weighted by Crippen LogP contribution is -2.10. The van der Waals surface area contributed by atoms with Gasteiger partial charge in [0.15, 0.2) is 0 Å². The van der Waals surface area contributed by atoms with E-state index in [-0.39, 0.29) is 0 Å². The molecule has 3 aromatic rings. The molecule has 5 nitrogen and oxygen atoms in total. The molecule has 0 saturated heterocycles. The van der Waals surface area contributed by atoms with Crippen molar-refractivity contribution in [2.45, 2.75) is 33.3 Å². The second kappa shape index (κ2) is 7.62. The van der Waals surface area contributed by atoms with Crippen LogP contribution in [0.15, 0.2) is 67.5 Å². The number of ether oxygens (including phenoxy) is 1. The van der Waals surface area contributed by atoms with Crippen molar-refractivity contribution < 1.29 is 18.7 Å². The first-order valence-electron chi connectivity index (χ1n) is 8.52. The zero-order valence-corrected chi connectivity index (χ0v) is 15.1. The quantitative estimate of drug-likeness (QED) is 0.518. The third-order valence-electron chi connectivity index (χ3n) is 4.12. The first kappa shape index (κ1) is 18.0. The van der Waals surface area contributed by atoms with Gasteiger partial charge < -0.3 is 18.7 Å². The summed E-state index contributed by atoms with van der Waals surface area (Å²) < 4.78 is 16.8. The molecule has 1 aromatic carbocycles. The van der Waals surface area contributed by atoms with Gasteiger partial charge >= 0.3 is 5.63 Å². The topological polar surface area (TPSA) is 72.8 Å². The molecule has 5 heteroatoms. The minimum absolute atomic E-state index is 0.322. The second-order valence-electron chi connectivity index (χ2n) is 6.46. The Morgan fingerprint density at radius 3 is 2.73 bits per heavy atom. The maximum atomic E-state index is 11.5. The van der Waals surface area contributed by atoms with E-state index in [1.807, 2.05) is 39.0 Å². The van der Waals surface area contributed by atoms with Crippen LogP contribution in [0.3, 0.4) is 0 Å². The molecule has 0 spiro atoms. The minimum atomic E-state index is -0.547. The van der Waals surface area contributed by atoms with Crippen LogP contribution in [0.5, 0.6) is 5.75 Å². The third kappa shape index (κ3) is 3.89. The Morgan fingerprint density at radius 2 is 2.00 bits per heavy atom. The summed E-state index contributed by atoms with van der Waals surface area (Å²) in [6, 6.07) is 6.57. The Kier molecular flexibility index (Phi) is 5.28. The average molecular weight is 354 g/mol. The molecule has 0 aliphatic heterocycles. The number of hydrogen-bond acceptors (Lipinski definition) is 5. The van der Waals surface area contributed by atoms with Gasteiger partial charge in [-0.05, 0) is 38.5 Å². The number of benzene rings is 1. The number of furan rings is 1. The molecule has 2 heterocycles. The van der Waals surface area contributed by atoms with E-state index in [4.69, 9.17) is 13.6 Å². The van der Waals surface area contributed by atoms with Crippen molar-refractivity contribution in [1.29, 1.82) is 0 Å². The van der Waals surface area contributed by atoms with Gasteiger partial charge in [-0.2, -0.15) is 0 Å². The summed E-state index contributed by atoms with van der Waals surface area (Å²) in [5, 5.41) is 11.6. The van der Waals surface area contributed by atoms with Gasteiger partial charge in [0, 0.05) is 18.6 Å². The summed E-state index contributed by atoms with van der Waals surface area (Å²) in [6.07, 6.45) is 5.29. The molecule has 26 heavy (non-hydrogen) atoms. The van der Waals surface area contributed by atoms with Crippen LogP contribution in [0.2, 0.25) is 0 Å². The number of aliphatic hydroxyl groups excluding tert-OH is 1. The second-order valence-corrected chi connectivity index (χ2v) is 6.46. The van der Waals surface area contributed by atoms with Gasteiger partial charge in [0.1, 0.15) is 23.5 Å². The fourth-order valence-electron chi connectivity index (χ4n) is 2.90. The number of allylic oxidation sites excluding steroid dienone is 2. The molecule has 1 atom stereocenters. The zero-order valence-electron chi connectivity index (χ0n) is 15.1. The van der Waals surface area contributed by atoms with Crippen molar-refractivity contribution >= 4 is 21.9 Å². The van der Waals surface area contributed by atoms with E-state index in [2.05, 4.69) is 0 Å². The van der Waals surface area contributed by atoms with Crippen LogP contribution in [-0.2, 0) is 0 Å². The Morgan fingerprint density at radius 1 is 1.23 bits per heavy atom. The largest absolute Gasteiger partial charge is 0.488 e. The van der Waals surface area contributed by atoms with E-state index in [1.54, 1.807) is 18.4 Å². The number of hydrogen-bond donors (Lipinski definition) is 1. The van der Waals surface area contributed by atoms with Crippen LogP contribution in [0, 0.1) is 0 Å². The summed E-state index contributed by atoms with van der Waals surface area (Å²) in [4.78, 5) is 11.5. The molecule has 1 N–H and O–H groups in total. The highest BCUT2D eigenvalue weighted by molar-refractivity contribution is 6.01. The van der Waals surface area contributed by atoms with Crippen molar-refractivity contribution in [1.82, 2.24) is 0 Å². The van der Waals surface area contributed by atoms with Crippen LogP contribution in [0.25, 0.3) is 21.9 Å². The highest BCUT2D eigenvalue weighted by Gasteiger charge is 2.14. The highest BCUT2D eigenvalue weighted by atomic mass is 16.5. The van der Waals surface area contributed by atoms with Gasteiger partial charge in [0.05, 0.1) is 23.1 Å². The fraction of sp³-hybridized carbons (Fsp3) is 0.286. The molecule has 0 amide bonds. The van der Waals surface area contributed by atoms with Crippen molar-refractivity contribution in [3.63, 3.8) is 0 Å². The van der Waals surface area contributed by atoms with Crippen molar-refractivity contribution in [2.75, 3.05) is 6.61 Å². The van der Waals surface area contributed by atoms with Crippen molar-refractivity contribution in [3.8, 4) is 5.75 Å². The van der Waals surface area contributed by atoms with E-state index in [0.717, 1.165) is 16.5 Å². The number of aliphatic hydroxyl groups is 1. The third-order valence-corrected chi connectivity index (χ3v) is 4.12. The van der Waals surface area contributed by atoms with Crippen molar-refractivity contribution in [3.05, 3.63) is 64.2 Å². The summed E-state index contributed by atoms with van der Waals surface area (Å²) in [6.45, 7) is 6.15. The standard InChI is InChI=1S/C21H22O5/c1-4-14(10-15(22)9-13(2)3)12-25-21-16-5-6-20(23)26-19(16)11-18-17(21)7-8-24-18/h4-9,11,15,22H,10,12H2,1-3H3/b14-4+. The summed E-state index contributed by atoms with van der Waals surface area (Å²) >= 11 is 0. The molecular formula is C21H22O5. The monoisotopic (exact) mass is 354 g/mol. The predicted octanol–water partition coefficient (Wildman–Crippen LogP) is 4.58. The smallest absolute Gasteiger partial charge is 0.336 e. The summed E-state index contributed by atoms with van der Waals surface area (Å²) in [5.74, 6) is 0.603. The van der Waals surface area contributed by atoms with Gasteiger partial charge in [0.2, 0.25) is 0 Å². The summed E-state index contributed by atoms with van der Waals surface area (Å²) in [7, 11) is 0. The predicted molar refractivity (Wildman–Crippen MR) is 102 cm³/mol. The van der Waals surface area contributed by atoms with Crippen LogP contribution < -0.4 is 10.4 Å². The van der Waals surface area contributed by atoms with E-state index in [9.17, 15) is 9.90 Å². The van der Waals surface area contributed by atoms with E-state index >= 15 is 0 Å². The molecule has 2 aromatic heterocycles. The first-order valence-corrected chi connectivity index (χ1v) is 8.52. The normalized spacial score (nSPS) is 13.2. The average Bonchev–Trinajstić information content (AvgIpc) is 3.04.